The van der Waals surface area contributed by atoms with Crippen LogP contribution >= 0.6 is 15.9 Å². The van der Waals surface area contributed by atoms with Crippen LogP contribution in [0.4, 0.5) is 0 Å². The van der Waals surface area contributed by atoms with Crippen LogP contribution in [0.25, 0.3) is 10.9 Å². The van der Waals surface area contributed by atoms with E-state index in [2.05, 4.69) is 21.2 Å². The summed E-state index contributed by atoms with van der Waals surface area (Å²) < 4.78 is 3.34. The van der Waals surface area contributed by atoms with Crippen molar-refractivity contribution in [2.45, 2.75) is 57.7 Å². The summed E-state index contributed by atoms with van der Waals surface area (Å²) in [6.07, 6.45) is 4.89. The second-order valence-electron chi connectivity index (χ2n) is 8.43. The summed E-state index contributed by atoms with van der Waals surface area (Å²) in [7, 11) is 0. The van der Waals surface area contributed by atoms with E-state index in [1.54, 1.807) is 48.5 Å². The Hall–Kier alpha value is -3.00. The van der Waals surface area contributed by atoms with E-state index >= 15 is 0 Å². The Balaban J connectivity index is 1.57. The maximum Gasteiger partial charge on any atom is 0.331 e. The number of Topliss-reactive ketones (excluding diaryl/α,β-unsaturated/α-hetero) is 1. The fraction of sp³-hybridized carbons (Fsp3) is 0.360. The van der Waals surface area contributed by atoms with E-state index in [0.29, 0.717) is 22.9 Å². The van der Waals surface area contributed by atoms with Gasteiger partial charge in [0.2, 0.25) is 5.91 Å². The van der Waals surface area contributed by atoms with Crippen LogP contribution in [0.5, 0.6) is 0 Å². The molecule has 2 aromatic carbocycles. The number of nitrogens with zero attached hydrogens (tertiary/aromatic N) is 2. The van der Waals surface area contributed by atoms with E-state index in [1.807, 2.05) is 0 Å². The maximum atomic E-state index is 13.2. The van der Waals surface area contributed by atoms with Crippen LogP contribution in [-0.4, -0.2) is 26.9 Å². The van der Waals surface area contributed by atoms with Gasteiger partial charge in [0, 0.05) is 29.0 Å². The van der Waals surface area contributed by atoms with Gasteiger partial charge in [-0.25, -0.2) is 4.79 Å². The highest BCUT2D eigenvalue weighted by atomic mass is 79.9. The number of benzene rings is 2. The van der Waals surface area contributed by atoms with E-state index in [-0.39, 0.29) is 37.2 Å². The highest BCUT2D eigenvalue weighted by molar-refractivity contribution is 9.10. The van der Waals surface area contributed by atoms with Crippen molar-refractivity contribution in [3.8, 4) is 0 Å². The highest BCUT2D eigenvalue weighted by Crippen LogP contribution is 2.18. The van der Waals surface area contributed by atoms with Crippen molar-refractivity contribution in [2.24, 2.45) is 0 Å². The summed E-state index contributed by atoms with van der Waals surface area (Å²) in [5.74, 6) is -0.280. The largest absolute Gasteiger partial charge is 0.353 e. The molecular formula is C25H26BrN3O4. The van der Waals surface area contributed by atoms with Crippen molar-refractivity contribution in [3.63, 3.8) is 0 Å². The minimum atomic E-state index is -0.541. The quantitative estimate of drug-likeness (QED) is 0.467. The maximum absolute atomic E-state index is 13.2. The highest BCUT2D eigenvalue weighted by Gasteiger charge is 2.18. The average Bonchev–Trinajstić information content (AvgIpc) is 3.32. The molecule has 0 saturated heterocycles. The molecule has 1 saturated carbocycles. The molecule has 0 spiro atoms. The number of para-hydroxylation sites is 1. The van der Waals surface area contributed by atoms with Gasteiger partial charge in [-0.15, -0.1) is 0 Å². The molecule has 0 radical (unpaired) electrons. The zero-order chi connectivity index (χ0) is 23.4. The van der Waals surface area contributed by atoms with Crippen molar-refractivity contribution in [1.29, 1.82) is 0 Å². The summed E-state index contributed by atoms with van der Waals surface area (Å²) in [5.41, 5.74) is -0.0387. The number of nitrogens with one attached hydrogen (secondary N) is 1. The molecule has 1 aliphatic rings. The number of hydrogen-bond donors (Lipinski definition) is 1. The Labute approximate surface area is 199 Å². The molecule has 1 fully saturated rings. The number of rotatable bonds is 8. The SMILES string of the molecule is O=C(CCCn1c(=O)c2ccccc2n(CC(=O)c2ccc(Br)cc2)c1=O)NC1CCCC1. The molecule has 0 atom stereocenters. The standard InChI is InChI=1S/C25H26BrN3O4/c26-18-13-11-17(12-14-18)22(30)16-29-21-9-4-3-8-20(21)24(32)28(25(29)33)15-5-10-23(31)27-19-6-1-2-7-19/h3-4,8-9,11-14,19H,1-2,5-7,10,15-16H2,(H,27,31). The summed E-state index contributed by atoms with van der Waals surface area (Å²) in [4.78, 5) is 51.4. The Morgan fingerprint density at radius 3 is 2.39 bits per heavy atom. The molecule has 172 valence electrons. The zero-order valence-corrected chi connectivity index (χ0v) is 19.8. The smallest absolute Gasteiger partial charge is 0.331 e. The van der Waals surface area contributed by atoms with Gasteiger partial charge in [-0.05, 0) is 43.5 Å². The predicted molar refractivity (Wildman–Crippen MR) is 131 cm³/mol. The van der Waals surface area contributed by atoms with Crippen molar-refractivity contribution >= 4 is 38.5 Å². The molecule has 1 amide bonds. The predicted octanol–water partition coefficient (Wildman–Crippen LogP) is 3.65. The molecule has 1 aromatic heterocycles. The van der Waals surface area contributed by atoms with Gasteiger partial charge >= 0.3 is 5.69 Å². The minimum absolute atomic E-state index is 0.0542. The van der Waals surface area contributed by atoms with Gasteiger partial charge in [0.15, 0.2) is 5.78 Å². The summed E-state index contributed by atoms with van der Waals surface area (Å²) >= 11 is 3.35. The number of carbonyl (C=O) groups is 2. The zero-order valence-electron chi connectivity index (χ0n) is 18.3. The molecule has 3 aromatic rings. The first-order chi connectivity index (χ1) is 15.9. The molecule has 1 heterocycles. The third-order valence-corrected chi connectivity index (χ3v) is 6.63. The van der Waals surface area contributed by atoms with Crippen LogP contribution < -0.4 is 16.6 Å². The number of carbonyl (C=O) groups excluding carboxylic acids is 2. The van der Waals surface area contributed by atoms with E-state index in [9.17, 15) is 19.2 Å². The van der Waals surface area contributed by atoms with Gasteiger partial charge in [0.1, 0.15) is 0 Å². The molecule has 1 aliphatic carbocycles. The van der Waals surface area contributed by atoms with Crippen LogP contribution in [-0.2, 0) is 17.9 Å². The van der Waals surface area contributed by atoms with Crippen LogP contribution in [0.2, 0.25) is 0 Å². The first-order valence-corrected chi connectivity index (χ1v) is 12.0. The van der Waals surface area contributed by atoms with Crippen LogP contribution in [0.15, 0.2) is 62.6 Å². The number of halogens is 1. The third-order valence-electron chi connectivity index (χ3n) is 6.11. The van der Waals surface area contributed by atoms with Crippen LogP contribution in [0, 0.1) is 0 Å². The van der Waals surface area contributed by atoms with Crippen LogP contribution in [0.3, 0.4) is 0 Å². The Morgan fingerprint density at radius 2 is 1.67 bits per heavy atom. The van der Waals surface area contributed by atoms with Crippen molar-refractivity contribution < 1.29 is 9.59 Å². The molecule has 8 heteroatoms. The molecule has 0 unspecified atom stereocenters. The van der Waals surface area contributed by atoms with Gasteiger partial charge < -0.3 is 5.32 Å². The summed E-state index contributed by atoms with van der Waals surface area (Å²) in [6, 6.07) is 14.0. The molecule has 7 nitrogen and oxygen atoms in total. The fourth-order valence-corrected chi connectivity index (χ4v) is 4.62. The van der Waals surface area contributed by atoms with Gasteiger partial charge in [-0.3, -0.25) is 23.5 Å². The molecule has 4 rings (SSSR count). The Kier molecular flexibility index (Phi) is 7.23. The van der Waals surface area contributed by atoms with E-state index < -0.39 is 11.2 Å². The van der Waals surface area contributed by atoms with Gasteiger partial charge in [-0.2, -0.15) is 0 Å². The number of ketones is 1. The lowest BCUT2D eigenvalue weighted by atomic mass is 10.1. The number of aromatic nitrogens is 2. The molecule has 0 aliphatic heterocycles. The third kappa shape index (κ3) is 5.33. The topological polar surface area (TPSA) is 90.2 Å². The van der Waals surface area contributed by atoms with Gasteiger partial charge in [0.25, 0.3) is 5.56 Å². The van der Waals surface area contributed by atoms with Crippen molar-refractivity contribution in [1.82, 2.24) is 14.5 Å². The lowest BCUT2D eigenvalue weighted by molar-refractivity contribution is -0.121. The number of fused-ring (bicyclic) bond motifs is 1. The van der Waals surface area contributed by atoms with E-state index in [0.717, 1.165) is 34.7 Å². The second kappa shape index (κ2) is 10.3. The summed E-state index contributed by atoms with van der Waals surface area (Å²) in [5, 5.41) is 3.40. The van der Waals surface area contributed by atoms with Crippen LogP contribution in [0.1, 0.15) is 48.9 Å². The first kappa shape index (κ1) is 23.2. The Morgan fingerprint density at radius 1 is 0.970 bits per heavy atom. The second-order valence-corrected chi connectivity index (χ2v) is 9.34. The minimum Gasteiger partial charge on any atom is -0.353 e. The average molecular weight is 512 g/mol. The Bertz CT molecular complexity index is 1290. The number of hydrogen-bond acceptors (Lipinski definition) is 4. The summed E-state index contributed by atoms with van der Waals surface area (Å²) in [6.45, 7) is -0.0590. The van der Waals surface area contributed by atoms with Gasteiger partial charge in [0.05, 0.1) is 17.4 Å². The molecule has 1 N–H and O–H groups in total. The lowest BCUT2D eigenvalue weighted by Gasteiger charge is -2.14. The van der Waals surface area contributed by atoms with E-state index in [4.69, 9.17) is 0 Å². The van der Waals surface area contributed by atoms with Crippen molar-refractivity contribution in [2.75, 3.05) is 0 Å². The van der Waals surface area contributed by atoms with Gasteiger partial charge in [-0.1, -0.05) is 53.0 Å². The first-order valence-electron chi connectivity index (χ1n) is 11.2. The molecular weight excluding hydrogens is 486 g/mol. The fourth-order valence-electron chi connectivity index (χ4n) is 4.36. The molecule has 33 heavy (non-hydrogen) atoms. The lowest BCUT2D eigenvalue weighted by Crippen LogP contribution is -2.41. The molecule has 0 bridgehead atoms. The van der Waals surface area contributed by atoms with Crippen molar-refractivity contribution in [3.05, 3.63) is 79.4 Å². The number of amides is 1. The normalized spacial score (nSPS) is 14.0. The monoisotopic (exact) mass is 511 g/mol. The van der Waals surface area contributed by atoms with E-state index in [1.165, 1.54) is 4.57 Å².